The normalized spacial score (nSPS) is 23.0. The molecule has 1 heterocycles. The van der Waals surface area contributed by atoms with Crippen LogP contribution in [0, 0.1) is 0 Å². The number of unbranched alkanes of at least 4 members (excludes halogenated alkanes) is 9. The Morgan fingerprint density at radius 2 is 1.25 bits per heavy atom. The molecule has 0 aromatic rings. The first kappa shape index (κ1) is 24.4. The van der Waals surface area contributed by atoms with Gasteiger partial charge in [-0.3, -0.25) is 0 Å². The van der Waals surface area contributed by atoms with Gasteiger partial charge in [0, 0.05) is 18.6 Å². The van der Waals surface area contributed by atoms with E-state index in [2.05, 4.69) is 6.92 Å². The Labute approximate surface area is 160 Å². The molecule has 1 rings (SSSR count). The second-order valence-corrected chi connectivity index (χ2v) is 7.08. The van der Waals surface area contributed by atoms with E-state index in [0.29, 0.717) is 0 Å². The molecule has 5 heteroatoms. The smallest absolute Gasteiger partial charge is 0.103 e. The third kappa shape index (κ3) is 10.4. The van der Waals surface area contributed by atoms with E-state index in [1.807, 2.05) is 0 Å². The predicted octanol–water partition coefficient (Wildman–Crippen LogP) is 3.56. The van der Waals surface area contributed by atoms with E-state index in [1.165, 1.54) is 57.8 Å². The predicted molar refractivity (Wildman–Crippen MR) is 93.5 cm³/mol. The van der Waals surface area contributed by atoms with Gasteiger partial charge in [-0.2, -0.15) is 0 Å². The monoisotopic (exact) mass is 381 g/mol. The molecule has 0 bridgehead atoms. The minimum Gasteiger partial charge on any atom is -0.394 e. The number of hydrogen-bond donors (Lipinski definition) is 3. The van der Waals surface area contributed by atoms with Crippen molar-refractivity contribution < 1.29 is 38.6 Å². The molecule has 24 heavy (non-hydrogen) atoms. The molecule has 0 amide bonds. The Morgan fingerprint density at radius 3 is 1.75 bits per heavy atom. The van der Waals surface area contributed by atoms with E-state index < -0.39 is 12.2 Å². The van der Waals surface area contributed by atoms with Gasteiger partial charge in [0.15, 0.2) is 0 Å². The zero-order chi connectivity index (χ0) is 16.9. The molecule has 1 saturated heterocycles. The van der Waals surface area contributed by atoms with Crippen LogP contribution >= 0.6 is 0 Å². The second-order valence-electron chi connectivity index (χ2n) is 7.08. The van der Waals surface area contributed by atoms with E-state index >= 15 is 0 Å². The molecule has 143 valence electrons. The topological polar surface area (TPSA) is 69.9 Å². The maximum absolute atomic E-state index is 10.2. The van der Waals surface area contributed by atoms with Crippen molar-refractivity contribution in [1.82, 2.24) is 0 Å². The molecule has 0 aliphatic carbocycles. The van der Waals surface area contributed by atoms with Crippen LogP contribution in [0.15, 0.2) is 0 Å². The number of ether oxygens (including phenoxy) is 1. The zero-order valence-electron chi connectivity index (χ0n) is 15.4. The Morgan fingerprint density at radius 1 is 0.792 bits per heavy atom. The molecular weight excluding hydrogens is 343 g/mol. The Kier molecular flexibility index (Phi) is 15.9. The van der Waals surface area contributed by atoms with Crippen LogP contribution in [-0.4, -0.2) is 46.3 Å². The summed E-state index contributed by atoms with van der Waals surface area (Å²) < 4.78 is 5.66. The average molecular weight is 381 g/mol. The van der Waals surface area contributed by atoms with Crippen LogP contribution in [0.25, 0.3) is 0 Å². The minimum absolute atomic E-state index is 0. The standard InChI is InChI=1S/C19H38O4.V/c1-2-3-4-5-6-7-8-9-10-11-12-16(21)18-13-14-19(23-18)17(22)15-20;/h16-22H,2-15H2,1H3;/t16-,17+,18-,19-;/m1./s1. The van der Waals surface area contributed by atoms with Crippen molar-refractivity contribution in [3.8, 4) is 0 Å². The van der Waals surface area contributed by atoms with Crippen molar-refractivity contribution in [2.75, 3.05) is 6.61 Å². The van der Waals surface area contributed by atoms with Crippen LogP contribution in [0.5, 0.6) is 0 Å². The summed E-state index contributed by atoms with van der Waals surface area (Å²) in [6, 6.07) is 0. The van der Waals surface area contributed by atoms with Crippen molar-refractivity contribution in [3.63, 3.8) is 0 Å². The number of aliphatic hydroxyl groups excluding tert-OH is 3. The van der Waals surface area contributed by atoms with E-state index in [9.17, 15) is 10.2 Å². The molecule has 0 aromatic carbocycles. The summed E-state index contributed by atoms with van der Waals surface area (Å²) in [5, 5.41) is 28.7. The van der Waals surface area contributed by atoms with Gasteiger partial charge in [-0.05, 0) is 19.3 Å². The number of rotatable bonds is 14. The summed E-state index contributed by atoms with van der Waals surface area (Å²) in [6.45, 7) is 1.98. The first-order valence-corrected chi connectivity index (χ1v) is 9.81. The van der Waals surface area contributed by atoms with E-state index in [0.717, 1.165) is 25.7 Å². The third-order valence-electron chi connectivity index (χ3n) is 4.98. The minimum atomic E-state index is -0.815. The fourth-order valence-corrected chi connectivity index (χ4v) is 3.40. The van der Waals surface area contributed by atoms with Crippen molar-refractivity contribution in [1.29, 1.82) is 0 Å². The first-order chi connectivity index (χ1) is 11.2. The molecular formula is C19H38O4V. The van der Waals surface area contributed by atoms with Gasteiger partial charge in [0.2, 0.25) is 0 Å². The molecule has 1 fully saturated rings. The maximum Gasteiger partial charge on any atom is 0.103 e. The number of hydrogen-bond acceptors (Lipinski definition) is 4. The third-order valence-corrected chi connectivity index (χ3v) is 4.98. The second kappa shape index (κ2) is 15.7. The molecule has 1 aliphatic heterocycles. The van der Waals surface area contributed by atoms with Gasteiger partial charge in [0.1, 0.15) is 6.10 Å². The van der Waals surface area contributed by atoms with Crippen molar-refractivity contribution in [2.45, 2.75) is 115 Å². The van der Waals surface area contributed by atoms with Crippen LogP contribution in [0.4, 0.5) is 0 Å². The Bertz CT molecular complexity index is 278. The average Bonchev–Trinajstić information content (AvgIpc) is 3.05. The van der Waals surface area contributed by atoms with Crippen LogP contribution in [0.3, 0.4) is 0 Å². The molecule has 4 nitrogen and oxygen atoms in total. The van der Waals surface area contributed by atoms with Gasteiger partial charge in [-0.25, -0.2) is 0 Å². The van der Waals surface area contributed by atoms with E-state index in [4.69, 9.17) is 9.84 Å². The van der Waals surface area contributed by atoms with E-state index in [1.54, 1.807) is 0 Å². The van der Waals surface area contributed by atoms with Crippen LogP contribution in [0.2, 0.25) is 0 Å². The largest absolute Gasteiger partial charge is 0.394 e. The molecule has 4 atom stereocenters. The van der Waals surface area contributed by atoms with Crippen molar-refractivity contribution in [2.24, 2.45) is 0 Å². The zero-order valence-corrected chi connectivity index (χ0v) is 16.8. The summed E-state index contributed by atoms with van der Waals surface area (Å²) >= 11 is 0. The molecule has 1 radical (unpaired) electrons. The summed E-state index contributed by atoms with van der Waals surface area (Å²) in [5.41, 5.74) is 0. The summed E-state index contributed by atoms with van der Waals surface area (Å²) in [6.07, 6.45) is 13.5. The van der Waals surface area contributed by atoms with Gasteiger partial charge >= 0.3 is 0 Å². The molecule has 0 aromatic heterocycles. The molecule has 0 spiro atoms. The molecule has 0 saturated carbocycles. The summed E-state index contributed by atoms with van der Waals surface area (Å²) in [4.78, 5) is 0. The Balaban J connectivity index is 0.00000529. The molecule has 0 unspecified atom stereocenters. The fraction of sp³-hybridized carbons (Fsp3) is 1.00. The number of aliphatic hydroxyl groups is 3. The van der Waals surface area contributed by atoms with Gasteiger partial charge in [0.25, 0.3) is 0 Å². The van der Waals surface area contributed by atoms with Crippen molar-refractivity contribution in [3.05, 3.63) is 0 Å². The Hall–Kier alpha value is 0.424. The van der Waals surface area contributed by atoms with Gasteiger partial charge in [-0.15, -0.1) is 0 Å². The van der Waals surface area contributed by atoms with Gasteiger partial charge in [0.05, 0.1) is 24.9 Å². The van der Waals surface area contributed by atoms with Gasteiger partial charge < -0.3 is 20.1 Å². The fourth-order valence-electron chi connectivity index (χ4n) is 3.40. The SMILES string of the molecule is CCCCCCCCCCCC[C@@H](O)[C@H]1CC[C@H]([C@@H](O)CO)O1.[V]. The summed E-state index contributed by atoms with van der Waals surface area (Å²) in [5.74, 6) is 0. The van der Waals surface area contributed by atoms with Crippen molar-refractivity contribution >= 4 is 0 Å². The van der Waals surface area contributed by atoms with Crippen LogP contribution in [0.1, 0.15) is 90.4 Å². The molecule has 1 aliphatic rings. The van der Waals surface area contributed by atoms with Crippen LogP contribution in [-0.2, 0) is 23.3 Å². The van der Waals surface area contributed by atoms with Gasteiger partial charge in [-0.1, -0.05) is 71.1 Å². The summed E-state index contributed by atoms with van der Waals surface area (Å²) in [7, 11) is 0. The maximum atomic E-state index is 10.2. The molecule has 3 N–H and O–H groups in total. The van der Waals surface area contributed by atoms with E-state index in [-0.39, 0.29) is 37.4 Å². The van der Waals surface area contributed by atoms with Crippen LogP contribution < -0.4 is 0 Å². The first-order valence-electron chi connectivity index (χ1n) is 9.81. The quantitative estimate of drug-likeness (QED) is 0.403.